The topological polar surface area (TPSA) is 70.5 Å². The molecule has 1 N–H and O–H groups in total. The molecular weight excluding hydrogens is 340 g/mol. The minimum Gasteiger partial charge on any atom is -0.345 e. The molecule has 1 fully saturated rings. The summed E-state index contributed by atoms with van der Waals surface area (Å²) in [6.45, 7) is 2.49. The summed E-state index contributed by atoms with van der Waals surface area (Å²) in [6, 6.07) is 8.96. The molecule has 1 aromatic carbocycles. The number of rotatable bonds is 2. The van der Waals surface area contributed by atoms with Gasteiger partial charge in [-0.05, 0) is 24.6 Å². The van der Waals surface area contributed by atoms with E-state index in [2.05, 4.69) is 5.10 Å². The summed E-state index contributed by atoms with van der Waals surface area (Å²) in [5.41, 5.74) is 3.72. The minimum absolute atomic E-state index is 0.0523. The van der Waals surface area contributed by atoms with Crippen molar-refractivity contribution in [2.24, 2.45) is 0 Å². The summed E-state index contributed by atoms with van der Waals surface area (Å²) >= 11 is 5.98. The summed E-state index contributed by atoms with van der Waals surface area (Å²) in [7, 11) is 1.77. The number of carbonyl (C=O) groups excluding carboxylic acids is 1. The molecule has 3 heterocycles. The molecule has 6 nitrogen and oxygen atoms in total. The highest BCUT2D eigenvalue weighted by molar-refractivity contribution is 6.30. The maximum atomic E-state index is 12.5. The molecule has 1 aliphatic heterocycles. The van der Waals surface area contributed by atoms with E-state index in [1.165, 1.54) is 10.6 Å². The van der Waals surface area contributed by atoms with Crippen molar-refractivity contribution in [2.75, 3.05) is 13.6 Å². The molecule has 0 spiro atoms. The number of benzene rings is 1. The average Bonchev–Trinajstić information content (AvgIpc) is 3.08. The van der Waals surface area contributed by atoms with E-state index in [4.69, 9.17) is 16.6 Å². The second kappa shape index (κ2) is 5.74. The van der Waals surface area contributed by atoms with Gasteiger partial charge in [-0.25, -0.2) is 9.50 Å². The van der Waals surface area contributed by atoms with Crippen LogP contribution in [0.3, 0.4) is 0 Å². The maximum absolute atomic E-state index is 12.5. The van der Waals surface area contributed by atoms with Crippen LogP contribution in [-0.2, 0) is 4.79 Å². The lowest BCUT2D eigenvalue weighted by molar-refractivity contribution is -0.126. The van der Waals surface area contributed by atoms with E-state index in [0.29, 0.717) is 29.3 Å². The molecule has 1 amide bonds. The van der Waals surface area contributed by atoms with Crippen molar-refractivity contribution in [3.8, 4) is 11.1 Å². The van der Waals surface area contributed by atoms with Crippen LogP contribution in [0.2, 0.25) is 5.02 Å². The van der Waals surface area contributed by atoms with Crippen LogP contribution in [0.4, 0.5) is 0 Å². The Morgan fingerprint density at radius 3 is 2.60 bits per heavy atom. The molecule has 25 heavy (non-hydrogen) atoms. The van der Waals surface area contributed by atoms with E-state index in [1.807, 2.05) is 31.2 Å². The van der Waals surface area contributed by atoms with Gasteiger partial charge >= 0.3 is 0 Å². The number of H-pyrrole nitrogens is 1. The Hall–Kier alpha value is -2.60. The average molecular weight is 357 g/mol. The highest BCUT2D eigenvalue weighted by Gasteiger charge is 2.30. The lowest BCUT2D eigenvalue weighted by atomic mass is 10.0. The van der Waals surface area contributed by atoms with Crippen molar-refractivity contribution >= 4 is 23.2 Å². The number of aryl methyl sites for hydroxylation is 1. The zero-order chi connectivity index (χ0) is 17.7. The second-order valence-corrected chi connectivity index (χ2v) is 6.91. The normalized spacial score (nSPS) is 17.6. The predicted molar refractivity (Wildman–Crippen MR) is 96.0 cm³/mol. The third kappa shape index (κ3) is 2.62. The molecule has 0 aliphatic carbocycles. The molecule has 0 saturated carbocycles. The van der Waals surface area contributed by atoms with Crippen LogP contribution >= 0.6 is 11.6 Å². The standard InChI is InChI=1S/C18H17ClN4O2/c1-10-17(11-3-5-13(19)6-4-11)18-20-14(8-16(25)23(18)21-10)12-7-15(24)22(2)9-12/h3-6,8,12,21H,7,9H2,1-2H3/t12-/m1/s1. The number of halogens is 1. The fourth-order valence-corrected chi connectivity index (χ4v) is 3.53. The van der Waals surface area contributed by atoms with Crippen molar-refractivity contribution in [3.63, 3.8) is 0 Å². The van der Waals surface area contributed by atoms with Gasteiger partial charge < -0.3 is 4.90 Å². The van der Waals surface area contributed by atoms with Crippen LogP contribution < -0.4 is 5.56 Å². The molecule has 0 radical (unpaired) electrons. The molecule has 0 bridgehead atoms. The Morgan fingerprint density at radius 1 is 1.24 bits per heavy atom. The first-order valence-electron chi connectivity index (χ1n) is 8.06. The molecule has 1 saturated heterocycles. The number of likely N-dealkylation sites (tertiary alicyclic amines) is 1. The number of nitrogens with zero attached hydrogens (tertiary/aromatic N) is 3. The van der Waals surface area contributed by atoms with Crippen molar-refractivity contribution in [3.05, 3.63) is 57.1 Å². The summed E-state index contributed by atoms with van der Waals surface area (Å²) in [5.74, 6) is 0.0265. The van der Waals surface area contributed by atoms with Gasteiger partial charge in [-0.2, -0.15) is 0 Å². The van der Waals surface area contributed by atoms with Gasteiger partial charge in [0.1, 0.15) is 0 Å². The van der Waals surface area contributed by atoms with Crippen molar-refractivity contribution in [2.45, 2.75) is 19.3 Å². The number of aromatic amines is 1. The zero-order valence-corrected chi connectivity index (χ0v) is 14.7. The molecule has 4 rings (SSSR count). The number of fused-ring (bicyclic) bond motifs is 1. The minimum atomic E-state index is -0.176. The summed E-state index contributed by atoms with van der Waals surface area (Å²) in [6.07, 6.45) is 0.388. The van der Waals surface area contributed by atoms with Crippen LogP contribution in [0.15, 0.2) is 35.1 Å². The van der Waals surface area contributed by atoms with Gasteiger partial charge in [-0.1, -0.05) is 23.7 Å². The number of aromatic nitrogens is 3. The van der Waals surface area contributed by atoms with E-state index in [0.717, 1.165) is 16.8 Å². The molecule has 1 atom stereocenters. The van der Waals surface area contributed by atoms with Crippen LogP contribution in [0, 0.1) is 6.92 Å². The Bertz CT molecular complexity index is 1040. The number of hydrogen-bond donors (Lipinski definition) is 1. The van der Waals surface area contributed by atoms with Crippen molar-refractivity contribution < 1.29 is 4.79 Å². The van der Waals surface area contributed by atoms with Crippen LogP contribution in [0.1, 0.15) is 23.7 Å². The molecule has 7 heteroatoms. The summed E-state index contributed by atoms with van der Waals surface area (Å²) in [5, 5.41) is 3.73. The van der Waals surface area contributed by atoms with Crippen molar-refractivity contribution in [1.29, 1.82) is 0 Å². The maximum Gasteiger partial charge on any atom is 0.272 e. The van der Waals surface area contributed by atoms with E-state index in [9.17, 15) is 9.59 Å². The first-order valence-corrected chi connectivity index (χ1v) is 8.44. The second-order valence-electron chi connectivity index (χ2n) is 6.47. The Balaban J connectivity index is 1.90. The van der Waals surface area contributed by atoms with Crippen LogP contribution in [0.5, 0.6) is 0 Å². The first-order chi connectivity index (χ1) is 11.9. The lowest BCUT2D eigenvalue weighted by Gasteiger charge is -2.10. The lowest BCUT2D eigenvalue weighted by Crippen LogP contribution is -2.20. The number of amides is 1. The quantitative estimate of drug-likeness (QED) is 0.767. The summed E-state index contributed by atoms with van der Waals surface area (Å²) < 4.78 is 1.45. The first kappa shape index (κ1) is 15.9. The third-order valence-electron chi connectivity index (χ3n) is 4.71. The predicted octanol–water partition coefficient (Wildman–Crippen LogP) is 2.60. The molecule has 2 aromatic heterocycles. The monoisotopic (exact) mass is 356 g/mol. The fourth-order valence-electron chi connectivity index (χ4n) is 3.40. The van der Waals surface area contributed by atoms with Gasteiger partial charge in [-0.3, -0.25) is 14.7 Å². The molecular formula is C18H17ClN4O2. The van der Waals surface area contributed by atoms with Gasteiger partial charge in [0.2, 0.25) is 5.91 Å². The highest BCUT2D eigenvalue weighted by atomic mass is 35.5. The smallest absolute Gasteiger partial charge is 0.272 e. The third-order valence-corrected chi connectivity index (χ3v) is 4.96. The van der Waals surface area contributed by atoms with Gasteiger partial charge in [0, 0.05) is 48.3 Å². The summed E-state index contributed by atoms with van der Waals surface area (Å²) in [4.78, 5) is 30.8. The number of hydrogen-bond acceptors (Lipinski definition) is 3. The van der Waals surface area contributed by atoms with Gasteiger partial charge in [0.05, 0.1) is 5.69 Å². The Morgan fingerprint density at radius 2 is 1.96 bits per heavy atom. The van der Waals surface area contributed by atoms with Gasteiger partial charge in [0.15, 0.2) is 5.65 Å². The van der Waals surface area contributed by atoms with Gasteiger partial charge in [-0.15, -0.1) is 0 Å². The number of likely N-dealkylation sites (N-methyl/N-ethyl adjacent to an activating group) is 1. The van der Waals surface area contributed by atoms with E-state index in [1.54, 1.807) is 11.9 Å². The van der Waals surface area contributed by atoms with Crippen LogP contribution in [0.25, 0.3) is 16.8 Å². The fraction of sp³-hybridized carbons (Fsp3) is 0.278. The van der Waals surface area contributed by atoms with Crippen molar-refractivity contribution in [1.82, 2.24) is 19.5 Å². The molecule has 0 unspecified atom stereocenters. The molecule has 3 aromatic rings. The Kier molecular flexibility index (Phi) is 3.65. The van der Waals surface area contributed by atoms with Crippen LogP contribution in [-0.4, -0.2) is 39.0 Å². The van der Waals surface area contributed by atoms with E-state index >= 15 is 0 Å². The Labute approximate surface area is 149 Å². The number of nitrogens with one attached hydrogen (secondary N) is 1. The molecule has 128 valence electrons. The zero-order valence-electron chi connectivity index (χ0n) is 13.9. The SMILES string of the molecule is Cc1[nH]n2c(=O)cc([C@@H]3CC(=O)N(C)C3)nc2c1-c1ccc(Cl)cc1. The molecule has 1 aliphatic rings. The van der Waals surface area contributed by atoms with E-state index < -0.39 is 0 Å². The van der Waals surface area contributed by atoms with E-state index in [-0.39, 0.29) is 17.4 Å². The largest absolute Gasteiger partial charge is 0.345 e. The highest BCUT2D eigenvalue weighted by Crippen LogP contribution is 2.30. The van der Waals surface area contributed by atoms with Gasteiger partial charge in [0.25, 0.3) is 5.56 Å². The number of carbonyl (C=O) groups is 1.